The molecule has 0 aliphatic carbocycles. The molecule has 0 saturated carbocycles. The second-order valence-electron chi connectivity index (χ2n) is 5.30. The van der Waals surface area contributed by atoms with Crippen LogP contribution in [-0.2, 0) is 6.54 Å². The molecule has 0 radical (unpaired) electrons. The highest BCUT2D eigenvalue weighted by molar-refractivity contribution is 9.10. The van der Waals surface area contributed by atoms with Crippen LogP contribution in [0, 0.1) is 16.7 Å². The van der Waals surface area contributed by atoms with Gasteiger partial charge in [0.15, 0.2) is 0 Å². The molecular weight excluding hydrogens is 308 g/mol. The molecule has 1 aliphatic rings. The van der Waals surface area contributed by atoms with Crippen LogP contribution >= 0.6 is 15.9 Å². The largest absolute Gasteiger partial charge is 0.390 e. The molecule has 1 N–H and O–H groups in total. The minimum absolute atomic E-state index is 0.0934. The molecule has 0 saturated heterocycles. The molecule has 0 bridgehead atoms. The van der Waals surface area contributed by atoms with Gasteiger partial charge in [0.05, 0.1) is 17.6 Å². The van der Waals surface area contributed by atoms with Gasteiger partial charge in [0.25, 0.3) is 5.91 Å². The number of carbonyl (C=O) groups is 1. The number of hydrogen-bond acceptors (Lipinski definition) is 3. The highest BCUT2D eigenvalue weighted by Gasteiger charge is 2.35. The van der Waals surface area contributed by atoms with Crippen molar-refractivity contribution < 1.29 is 9.90 Å². The van der Waals surface area contributed by atoms with E-state index in [9.17, 15) is 9.90 Å². The Balaban J connectivity index is 2.18. The topological polar surface area (TPSA) is 64.3 Å². The summed E-state index contributed by atoms with van der Waals surface area (Å²) in [7, 11) is 0. The molecule has 1 unspecified atom stereocenters. The number of β-amino-alcohol motifs (C(OH)–C–C–N with tert-alkyl or cyclic N) is 1. The molecule has 1 heterocycles. The summed E-state index contributed by atoms with van der Waals surface area (Å²) in [5.41, 5.74) is 0.734. The third-order valence-electron chi connectivity index (χ3n) is 3.50. The van der Waals surface area contributed by atoms with Crippen LogP contribution < -0.4 is 0 Å². The zero-order chi connectivity index (χ0) is 14.2. The Kier molecular flexibility index (Phi) is 3.66. The van der Waals surface area contributed by atoms with Gasteiger partial charge in [0.1, 0.15) is 0 Å². The number of hydrogen-bond donors (Lipinski definition) is 1. The van der Waals surface area contributed by atoms with E-state index in [0.29, 0.717) is 12.1 Å². The number of fused-ring (bicyclic) bond motifs is 1. The van der Waals surface area contributed by atoms with Crippen LogP contribution in [0.2, 0.25) is 0 Å². The van der Waals surface area contributed by atoms with Gasteiger partial charge in [-0.25, -0.2) is 0 Å². The zero-order valence-electron chi connectivity index (χ0n) is 10.9. The van der Waals surface area contributed by atoms with Crippen LogP contribution in [0.4, 0.5) is 0 Å². The third-order valence-corrected chi connectivity index (χ3v) is 4.24. The molecule has 5 heteroatoms. The van der Waals surface area contributed by atoms with Crippen LogP contribution in [0.5, 0.6) is 0 Å². The van der Waals surface area contributed by atoms with Crippen molar-refractivity contribution in [1.82, 2.24) is 4.90 Å². The van der Waals surface area contributed by atoms with Gasteiger partial charge in [-0.2, -0.15) is 5.26 Å². The van der Waals surface area contributed by atoms with Crippen LogP contribution in [0.1, 0.15) is 29.8 Å². The fourth-order valence-electron chi connectivity index (χ4n) is 2.01. The van der Waals surface area contributed by atoms with Gasteiger partial charge in [-0.3, -0.25) is 4.79 Å². The quantitative estimate of drug-likeness (QED) is 0.928. The lowest BCUT2D eigenvalue weighted by Gasteiger charge is -2.27. The van der Waals surface area contributed by atoms with Gasteiger partial charge in [-0.05, 0) is 31.5 Å². The maximum absolute atomic E-state index is 12.2. The second kappa shape index (κ2) is 4.95. The summed E-state index contributed by atoms with van der Waals surface area (Å²) in [6, 6.07) is 7.56. The molecule has 1 aliphatic heterocycles. The van der Waals surface area contributed by atoms with Gasteiger partial charge in [-0.1, -0.05) is 22.0 Å². The van der Waals surface area contributed by atoms with Crippen LogP contribution in [0.3, 0.4) is 0 Å². The van der Waals surface area contributed by atoms with Crippen molar-refractivity contribution in [2.45, 2.75) is 26.5 Å². The molecule has 1 aromatic carbocycles. The molecule has 1 aromatic rings. The van der Waals surface area contributed by atoms with Crippen molar-refractivity contribution >= 4 is 21.8 Å². The monoisotopic (exact) mass is 322 g/mol. The van der Waals surface area contributed by atoms with Crippen LogP contribution in [0.15, 0.2) is 22.7 Å². The molecule has 1 atom stereocenters. The summed E-state index contributed by atoms with van der Waals surface area (Å²) in [6.07, 6.45) is -0.866. The minimum atomic E-state index is -0.869. The molecular formula is C14H15BrN2O2. The van der Waals surface area contributed by atoms with E-state index in [1.54, 1.807) is 24.8 Å². The number of benzene rings is 1. The number of carbonyl (C=O) groups excluding carboxylic acids is 1. The Morgan fingerprint density at radius 2 is 2.26 bits per heavy atom. The van der Waals surface area contributed by atoms with Crippen LogP contribution in [0.25, 0.3) is 0 Å². The normalized spacial score (nSPS) is 16.2. The summed E-state index contributed by atoms with van der Waals surface area (Å²) in [4.78, 5) is 13.8. The minimum Gasteiger partial charge on any atom is -0.390 e. The van der Waals surface area contributed by atoms with Crippen molar-refractivity contribution in [3.63, 3.8) is 0 Å². The summed E-state index contributed by atoms with van der Waals surface area (Å²) in [5.74, 6) is -0.0934. The second-order valence-corrected chi connectivity index (χ2v) is 6.16. The molecule has 19 heavy (non-hydrogen) atoms. The summed E-state index contributed by atoms with van der Waals surface area (Å²) in [5, 5.41) is 19.1. The molecule has 4 nitrogen and oxygen atoms in total. The number of amides is 1. The number of rotatable bonds is 3. The first-order valence-electron chi connectivity index (χ1n) is 6.03. The van der Waals surface area contributed by atoms with Crippen LogP contribution in [-0.4, -0.2) is 28.6 Å². The molecule has 0 fully saturated rings. The van der Waals surface area contributed by atoms with Gasteiger partial charge in [0, 0.05) is 23.1 Å². The number of aliphatic hydroxyl groups excluding tert-OH is 1. The Bertz CT molecular complexity index is 563. The highest BCUT2D eigenvalue weighted by Crippen LogP contribution is 2.30. The predicted octanol–water partition coefficient (Wildman–Crippen LogP) is 2.32. The molecule has 2 rings (SSSR count). The first-order valence-corrected chi connectivity index (χ1v) is 6.82. The van der Waals surface area contributed by atoms with Gasteiger partial charge in [-0.15, -0.1) is 0 Å². The number of nitrogens with zero attached hydrogens (tertiary/aromatic N) is 2. The van der Waals surface area contributed by atoms with E-state index >= 15 is 0 Å². The number of aliphatic hydroxyl groups is 1. The average Bonchev–Trinajstić information content (AvgIpc) is 2.69. The Morgan fingerprint density at radius 3 is 2.84 bits per heavy atom. The average molecular weight is 323 g/mol. The molecule has 0 spiro atoms. The Morgan fingerprint density at radius 1 is 1.58 bits per heavy atom. The van der Waals surface area contributed by atoms with Gasteiger partial charge < -0.3 is 10.0 Å². The van der Waals surface area contributed by atoms with Crippen molar-refractivity contribution in [2.24, 2.45) is 5.41 Å². The van der Waals surface area contributed by atoms with E-state index in [0.717, 1.165) is 10.0 Å². The van der Waals surface area contributed by atoms with Crippen molar-refractivity contribution in [1.29, 1.82) is 5.26 Å². The highest BCUT2D eigenvalue weighted by atomic mass is 79.9. The summed E-state index contributed by atoms with van der Waals surface area (Å²) in [6.45, 7) is 3.97. The zero-order valence-corrected chi connectivity index (χ0v) is 12.4. The number of halogens is 1. The Hall–Kier alpha value is -1.38. The van der Waals surface area contributed by atoms with E-state index in [4.69, 9.17) is 5.26 Å². The van der Waals surface area contributed by atoms with E-state index in [-0.39, 0.29) is 12.5 Å². The maximum Gasteiger partial charge on any atom is 0.254 e. The summed E-state index contributed by atoms with van der Waals surface area (Å²) < 4.78 is 0.898. The fraction of sp³-hybridized carbons (Fsp3) is 0.429. The third kappa shape index (κ3) is 2.51. The lowest BCUT2D eigenvalue weighted by molar-refractivity contribution is 0.0392. The SMILES string of the molecule is CC(C)(C#N)C(O)CN1Cc2c(Br)cccc2C1=O. The first-order chi connectivity index (χ1) is 8.86. The summed E-state index contributed by atoms with van der Waals surface area (Å²) >= 11 is 3.43. The van der Waals surface area contributed by atoms with E-state index < -0.39 is 11.5 Å². The predicted molar refractivity (Wildman–Crippen MR) is 74.3 cm³/mol. The van der Waals surface area contributed by atoms with Crippen molar-refractivity contribution in [3.05, 3.63) is 33.8 Å². The van der Waals surface area contributed by atoms with E-state index in [1.807, 2.05) is 12.1 Å². The standard InChI is InChI=1S/C14H15BrN2O2/c1-14(2,8-16)12(18)7-17-6-10-9(13(17)19)4-3-5-11(10)15/h3-5,12,18H,6-7H2,1-2H3. The first kappa shape index (κ1) is 14.0. The maximum atomic E-state index is 12.2. The van der Waals surface area contributed by atoms with Crippen molar-refractivity contribution in [2.75, 3.05) is 6.54 Å². The lowest BCUT2D eigenvalue weighted by atomic mass is 9.88. The molecule has 1 amide bonds. The fourth-order valence-corrected chi connectivity index (χ4v) is 2.50. The van der Waals surface area contributed by atoms with E-state index in [2.05, 4.69) is 22.0 Å². The van der Waals surface area contributed by atoms with Gasteiger partial charge >= 0.3 is 0 Å². The lowest BCUT2D eigenvalue weighted by Crippen LogP contribution is -2.40. The van der Waals surface area contributed by atoms with E-state index in [1.165, 1.54) is 0 Å². The van der Waals surface area contributed by atoms with Gasteiger partial charge in [0.2, 0.25) is 0 Å². The molecule has 0 aromatic heterocycles. The molecule has 100 valence electrons. The Labute approximate surface area is 120 Å². The van der Waals surface area contributed by atoms with Crippen molar-refractivity contribution in [3.8, 4) is 6.07 Å². The number of nitriles is 1. The smallest absolute Gasteiger partial charge is 0.254 e.